The molecule has 0 aliphatic carbocycles. The summed E-state index contributed by atoms with van der Waals surface area (Å²) in [4.78, 5) is 13.9. The summed E-state index contributed by atoms with van der Waals surface area (Å²) in [6.45, 7) is 3.28. The van der Waals surface area contributed by atoms with Gasteiger partial charge < -0.3 is 21.1 Å². The third-order valence-electron chi connectivity index (χ3n) is 3.44. The van der Waals surface area contributed by atoms with E-state index in [1.165, 1.54) is 0 Å². The molecule has 0 saturated carbocycles. The Morgan fingerprint density at radius 1 is 1.45 bits per heavy atom. The second-order valence-electron chi connectivity index (χ2n) is 5.03. The minimum absolute atomic E-state index is 0.00375. The van der Waals surface area contributed by atoms with Crippen LogP contribution in [0.5, 0.6) is 0 Å². The predicted molar refractivity (Wildman–Crippen MR) is 81.4 cm³/mol. The molecule has 0 saturated heterocycles. The molecule has 0 aliphatic heterocycles. The largest absolute Gasteiger partial charge is 0.395 e. The first kappa shape index (κ1) is 16.6. The molecule has 0 aromatic heterocycles. The highest BCUT2D eigenvalue weighted by atomic mass is 16.3. The van der Waals surface area contributed by atoms with E-state index in [0.717, 1.165) is 24.2 Å². The van der Waals surface area contributed by atoms with Crippen molar-refractivity contribution in [3.8, 4) is 0 Å². The van der Waals surface area contributed by atoms with Gasteiger partial charge in [0.25, 0.3) is 0 Å². The molecule has 1 aromatic carbocycles. The number of carbonyl (C=O) groups excluding carboxylic acids is 1. The van der Waals surface area contributed by atoms with Gasteiger partial charge >= 0.3 is 0 Å². The number of likely N-dealkylation sites (N-methyl/N-ethyl adjacent to an activating group) is 1. The van der Waals surface area contributed by atoms with Crippen LogP contribution in [0, 0.1) is 0 Å². The summed E-state index contributed by atoms with van der Waals surface area (Å²) < 4.78 is 0. The third-order valence-corrected chi connectivity index (χ3v) is 3.44. The van der Waals surface area contributed by atoms with E-state index in [-0.39, 0.29) is 18.6 Å². The number of hydrogen-bond donors (Lipinski definition) is 3. The number of benzene rings is 1. The van der Waals surface area contributed by atoms with Crippen LogP contribution < -0.4 is 11.1 Å². The van der Waals surface area contributed by atoms with E-state index >= 15 is 0 Å². The van der Waals surface area contributed by atoms with Gasteiger partial charge in [-0.05, 0) is 38.6 Å². The quantitative estimate of drug-likeness (QED) is 0.667. The molecule has 1 aromatic rings. The van der Waals surface area contributed by atoms with Gasteiger partial charge in [0.15, 0.2) is 0 Å². The van der Waals surface area contributed by atoms with E-state index in [2.05, 4.69) is 5.32 Å². The number of nitrogens with one attached hydrogen (secondary N) is 1. The highest BCUT2D eigenvalue weighted by Crippen LogP contribution is 2.14. The Hall–Kier alpha value is -1.43. The second kappa shape index (κ2) is 8.68. The Labute approximate surface area is 120 Å². The van der Waals surface area contributed by atoms with Crippen molar-refractivity contribution >= 4 is 11.6 Å². The lowest BCUT2D eigenvalue weighted by atomic mass is 10.1. The van der Waals surface area contributed by atoms with E-state index in [4.69, 9.17) is 10.8 Å². The number of aliphatic hydroxyl groups is 1. The predicted octanol–water partition coefficient (Wildman–Crippen LogP) is 1.18. The Morgan fingerprint density at radius 2 is 2.15 bits per heavy atom. The molecular weight excluding hydrogens is 254 g/mol. The van der Waals surface area contributed by atoms with Crippen LogP contribution >= 0.6 is 0 Å². The van der Waals surface area contributed by atoms with Gasteiger partial charge in [0, 0.05) is 24.7 Å². The maximum atomic E-state index is 11.9. The minimum atomic E-state index is -0.00375. The van der Waals surface area contributed by atoms with Gasteiger partial charge in [0.05, 0.1) is 6.61 Å². The number of rotatable bonds is 8. The molecular formula is C15H25N3O2. The van der Waals surface area contributed by atoms with Crippen molar-refractivity contribution in [2.75, 3.05) is 25.5 Å². The Morgan fingerprint density at radius 3 is 2.80 bits per heavy atom. The van der Waals surface area contributed by atoms with Crippen molar-refractivity contribution in [1.29, 1.82) is 0 Å². The fourth-order valence-corrected chi connectivity index (χ4v) is 1.88. The fraction of sp³-hybridized carbons (Fsp3) is 0.533. The summed E-state index contributed by atoms with van der Waals surface area (Å²) in [5, 5.41) is 11.9. The monoisotopic (exact) mass is 279 g/mol. The van der Waals surface area contributed by atoms with Crippen LogP contribution in [-0.2, 0) is 11.3 Å². The summed E-state index contributed by atoms with van der Waals surface area (Å²) >= 11 is 0. The molecule has 1 atom stereocenters. The van der Waals surface area contributed by atoms with Crippen molar-refractivity contribution in [3.63, 3.8) is 0 Å². The molecule has 0 radical (unpaired) electrons. The smallest absolute Gasteiger partial charge is 0.224 e. The van der Waals surface area contributed by atoms with E-state index in [9.17, 15) is 4.79 Å². The van der Waals surface area contributed by atoms with Crippen LogP contribution in [0.2, 0.25) is 0 Å². The maximum absolute atomic E-state index is 11.9. The van der Waals surface area contributed by atoms with Gasteiger partial charge in [-0.3, -0.25) is 4.79 Å². The van der Waals surface area contributed by atoms with Gasteiger partial charge in [0.2, 0.25) is 5.91 Å². The van der Waals surface area contributed by atoms with Gasteiger partial charge in [-0.2, -0.15) is 0 Å². The van der Waals surface area contributed by atoms with E-state index < -0.39 is 0 Å². The van der Waals surface area contributed by atoms with Crippen LogP contribution in [0.3, 0.4) is 0 Å². The van der Waals surface area contributed by atoms with Gasteiger partial charge in [-0.25, -0.2) is 0 Å². The molecule has 0 bridgehead atoms. The molecule has 0 aliphatic rings. The third kappa shape index (κ3) is 5.28. The molecule has 20 heavy (non-hydrogen) atoms. The lowest BCUT2D eigenvalue weighted by Gasteiger charge is -2.22. The first-order valence-electron chi connectivity index (χ1n) is 6.97. The second-order valence-corrected chi connectivity index (χ2v) is 5.03. The van der Waals surface area contributed by atoms with Gasteiger partial charge in [0.1, 0.15) is 0 Å². The number of para-hydroxylation sites is 1. The number of carbonyl (C=O) groups is 1. The van der Waals surface area contributed by atoms with Crippen molar-refractivity contribution < 1.29 is 9.90 Å². The van der Waals surface area contributed by atoms with Crippen molar-refractivity contribution in [1.82, 2.24) is 4.90 Å². The standard InChI is InChI=1S/C15H25N3O2/c1-12(11-19)18(2)9-5-8-15(20)17-14-7-4-3-6-13(14)10-16/h3-4,6-7,12,19H,5,8-11,16H2,1-2H3,(H,17,20). The van der Waals surface area contributed by atoms with Crippen LogP contribution in [0.4, 0.5) is 5.69 Å². The van der Waals surface area contributed by atoms with Crippen LogP contribution in [-0.4, -0.2) is 42.2 Å². The highest BCUT2D eigenvalue weighted by molar-refractivity contribution is 5.91. The molecule has 0 fully saturated rings. The summed E-state index contributed by atoms with van der Waals surface area (Å²) in [6.07, 6.45) is 1.22. The lowest BCUT2D eigenvalue weighted by molar-refractivity contribution is -0.116. The average Bonchev–Trinajstić information content (AvgIpc) is 2.46. The first-order chi connectivity index (χ1) is 9.58. The zero-order valence-corrected chi connectivity index (χ0v) is 12.3. The molecule has 0 spiro atoms. The first-order valence-corrected chi connectivity index (χ1v) is 6.97. The number of amides is 1. The summed E-state index contributed by atoms with van der Waals surface area (Å²) in [5.41, 5.74) is 7.36. The lowest BCUT2D eigenvalue weighted by Crippen LogP contribution is -2.33. The number of hydrogen-bond acceptors (Lipinski definition) is 4. The topological polar surface area (TPSA) is 78.6 Å². The number of anilines is 1. The van der Waals surface area contributed by atoms with E-state index in [0.29, 0.717) is 13.0 Å². The number of aliphatic hydroxyl groups excluding tert-OH is 1. The summed E-state index contributed by atoms with van der Waals surface area (Å²) in [5.74, 6) is -0.00375. The number of nitrogens with two attached hydrogens (primary N) is 1. The zero-order valence-electron chi connectivity index (χ0n) is 12.3. The van der Waals surface area contributed by atoms with Crippen molar-refractivity contribution in [2.24, 2.45) is 5.73 Å². The molecule has 1 amide bonds. The van der Waals surface area contributed by atoms with Crippen LogP contribution in [0.1, 0.15) is 25.3 Å². The Kier molecular flexibility index (Phi) is 7.22. The molecule has 112 valence electrons. The van der Waals surface area contributed by atoms with Crippen molar-refractivity contribution in [2.45, 2.75) is 32.4 Å². The van der Waals surface area contributed by atoms with Gasteiger partial charge in [-0.1, -0.05) is 18.2 Å². The van der Waals surface area contributed by atoms with E-state index in [1.807, 2.05) is 43.1 Å². The minimum Gasteiger partial charge on any atom is -0.395 e. The Bertz CT molecular complexity index is 423. The molecule has 1 rings (SSSR count). The zero-order chi connectivity index (χ0) is 15.0. The van der Waals surface area contributed by atoms with Crippen LogP contribution in [0.15, 0.2) is 24.3 Å². The fourth-order valence-electron chi connectivity index (χ4n) is 1.88. The van der Waals surface area contributed by atoms with Crippen LogP contribution in [0.25, 0.3) is 0 Å². The normalized spacial score (nSPS) is 12.4. The number of nitrogens with zero attached hydrogens (tertiary/aromatic N) is 1. The molecule has 1 unspecified atom stereocenters. The molecule has 0 heterocycles. The van der Waals surface area contributed by atoms with Gasteiger partial charge in [-0.15, -0.1) is 0 Å². The molecule has 4 N–H and O–H groups in total. The van der Waals surface area contributed by atoms with Crippen molar-refractivity contribution in [3.05, 3.63) is 29.8 Å². The average molecular weight is 279 g/mol. The molecule has 5 nitrogen and oxygen atoms in total. The maximum Gasteiger partial charge on any atom is 0.224 e. The van der Waals surface area contributed by atoms with E-state index in [1.54, 1.807) is 0 Å². The summed E-state index contributed by atoms with van der Waals surface area (Å²) in [7, 11) is 1.95. The SMILES string of the molecule is CC(CO)N(C)CCCC(=O)Nc1ccccc1CN. The Balaban J connectivity index is 2.37. The summed E-state index contributed by atoms with van der Waals surface area (Å²) in [6, 6.07) is 7.68. The highest BCUT2D eigenvalue weighted by Gasteiger charge is 2.09. The molecule has 5 heteroatoms.